The van der Waals surface area contributed by atoms with Crippen molar-refractivity contribution >= 4 is 5.97 Å². The first kappa shape index (κ1) is 12.7. The smallest absolute Gasteiger partial charge is 0.328 e. The molecule has 0 aliphatic carbocycles. The maximum Gasteiger partial charge on any atom is 0.328 e. The number of carbonyl (C=O) groups is 1. The van der Waals surface area contributed by atoms with Crippen molar-refractivity contribution in [3.63, 3.8) is 0 Å². The van der Waals surface area contributed by atoms with Crippen molar-refractivity contribution in [2.24, 2.45) is 0 Å². The van der Waals surface area contributed by atoms with Crippen LogP contribution in [0.4, 0.5) is 0 Å². The van der Waals surface area contributed by atoms with Crippen LogP contribution in [0.2, 0.25) is 0 Å². The van der Waals surface area contributed by atoms with Crippen LogP contribution in [-0.4, -0.2) is 20.9 Å². The molecule has 0 aliphatic rings. The number of aliphatic carboxylic acids is 1. The highest BCUT2D eigenvalue weighted by atomic mass is 16.4. The maximum absolute atomic E-state index is 10.5. The Balaban J connectivity index is 0.000000791. The fraction of sp³-hybridized carbons (Fsp3) is 0.600. The summed E-state index contributed by atoms with van der Waals surface area (Å²) in [5.41, 5.74) is 1.06. The molecule has 0 aliphatic heterocycles. The Morgan fingerprint density at radius 2 is 2.21 bits per heavy atom. The van der Waals surface area contributed by atoms with Crippen LogP contribution in [0.1, 0.15) is 39.3 Å². The van der Waals surface area contributed by atoms with Gasteiger partial charge in [0.2, 0.25) is 0 Å². The summed E-state index contributed by atoms with van der Waals surface area (Å²) >= 11 is 0. The first-order chi connectivity index (χ1) is 6.65. The van der Waals surface area contributed by atoms with Crippen molar-refractivity contribution in [1.29, 1.82) is 0 Å². The second-order valence-electron chi connectivity index (χ2n) is 2.70. The fourth-order valence-electron chi connectivity index (χ4n) is 0.885. The number of carboxylic acids is 1. The molecule has 0 radical (unpaired) electrons. The van der Waals surface area contributed by atoms with E-state index in [2.05, 4.69) is 5.10 Å². The predicted molar refractivity (Wildman–Crippen MR) is 55.3 cm³/mol. The van der Waals surface area contributed by atoms with Crippen LogP contribution in [0, 0.1) is 0 Å². The van der Waals surface area contributed by atoms with Crippen LogP contribution < -0.4 is 0 Å². The lowest BCUT2D eigenvalue weighted by Gasteiger charge is -2.04. The van der Waals surface area contributed by atoms with E-state index in [1.165, 1.54) is 4.68 Å². The Kier molecular flexibility index (Phi) is 5.60. The molecule has 4 heteroatoms. The largest absolute Gasteiger partial charge is 0.480 e. The molecule has 0 aromatic carbocycles. The second kappa shape index (κ2) is 6.18. The molecule has 1 aromatic heterocycles. The van der Waals surface area contributed by atoms with Crippen LogP contribution in [0.5, 0.6) is 0 Å². The van der Waals surface area contributed by atoms with E-state index in [9.17, 15) is 4.79 Å². The van der Waals surface area contributed by atoms with Crippen LogP contribution in [0.15, 0.2) is 12.4 Å². The summed E-state index contributed by atoms with van der Waals surface area (Å²) in [6.45, 7) is 7.61. The normalized spacial score (nSPS) is 11.4. The number of aromatic nitrogens is 2. The summed E-state index contributed by atoms with van der Waals surface area (Å²) in [5, 5.41) is 12.6. The van der Waals surface area contributed by atoms with Gasteiger partial charge in [0.05, 0.1) is 6.20 Å². The molecule has 1 heterocycles. The van der Waals surface area contributed by atoms with Gasteiger partial charge in [-0.05, 0) is 18.9 Å². The van der Waals surface area contributed by atoms with Crippen LogP contribution in [0.3, 0.4) is 0 Å². The van der Waals surface area contributed by atoms with E-state index < -0.39 is 12.0 Å². The Hall–Kier alpha value is -1.32. The Morgan fingerprint density at radius 1 is 1.64 bits per heavy atom. The molecule has 1 atom stereocenters. The molecular weight excluding hydrogens is 180 g/mol. The summed E-state index contributed by atoms with van der Waals surface area (Å²) in [6, 6.07) is -0.578. The zero-order valence-corrected chi connectivity index (χ0v) is 9.19. The number of aryl methyl sites for hydroxylation is 1. The van der Waals surface area contributed by atoms with Crippen molar-refractivity contribution in [3.05, 3.63) is 18.0 Å². The molecule has 1 rings (SSSR count). The highest BCUT2D eigenvalue weighted by Crippen LogP contribution is 2.06. The lowest BCUT2D eigenvalue weighted by atomic mass is 10.3. The van der Waals surface area contributed by atoms with Crippen LogP contribution in [-0.2, 0) is 11.2 Å². The van der Waals surface area contributed by atoms with Gasteiger partial charge in [0.1, 0.15) is 6.04 Å². The number of rotatable bonds is 3. The summed E-state index contributed by atoms with van der Waals surface area (Å²) in [6.07, 6.45) is 4.34. The average Bonchev–Trinajstić information content (AvgIpc) is 2.67. The molecule has 0 amide bonds. The van der Waals surface area contributed by atoms with Crippen molar-refractivity contribution in [2.75, 3.05) is 0 Å². The van der Waals surface area contributed by atoms with Gasteiger partial charge in [0.25, 0.3) is 0 Å². The van der Waals surface area contributed by atoms with Gasteiger partial charge in [0.15, 0.2) is 0 Å². The van der Waals surface area contributed by atoms with E-state index in [4.69, 9.17) is 5.11 Å². The zero-order chi connectivity index (χ0) is 11.1. The number of hydrogen-bond donors (Lipinski definition) is 1. The van der Waals surface area contributed by atoms with E-state index >= 15 is 0 Å². The first-order valence-electron chi connectivity index (χ1n) is 4.91. The molecule has 0 fully saturated rings. The van der Waals surface area contributed by atoms with E-state index in [0.29, 0.717) is 0 Å². The lowest BCUT2D eigenvalue weighted by molar-refractivity contribution is -0.140. The van der Waals surface area contributed by atoms with Crippen molar-refractivity contribution < 1.29 is 9.90 Å². The quantitative estimate of drug-likeness (QED) is 0.809. The van der Waals surface area contributed by atoms with E-state index in [1.54, 1.807) is 19.3 Å². The van der Waals surface area contributed by atoms with Crippen molar-refractivity contribution in [3.8, 4) is 0 Å². The minimum Gasteiger partial charge on any atom is -0.480 e. The minimum absolute atomic E-state index is 0.578. The van der Waals surface area contributed by atoms with Gasteiger partial charge in [-0.1, -0.05) is 20.8 Å². The van der Waals surface area contributed by atoms with Crippen molar-refractivity contribution in [2.45, 2.75) is 40.2 Å². The van der Waals surface area contributed by atoms with Gasteiger partial charge < -0.3 is 5.11 Å². The third-order valence-corrected chi connectivity index (χ3v) is 1.82. The Morgan fingerprint density at radius 3 is 2.57 bits per heavy atom. The lowest BCUT2D eigenvalue weighted by Crippen LogP contribution is -2.15. The third-order valence-electron chi connectivity index (χ3n) is 1.82. The third kappa shape index (κ3) is 3.20. The molecule has 80 valence electrons. The SMILES string of the molecule is CC.CCc1cnn(C(C)C(=O)O)c1. The standard InChI is InChI=1S/C8H12N2O2.C2H6/c1-3-7-4-9-10(5-7)6(2)8(11)12;1-2/h4-6H,3H2,1-2H3,(H,11,12);1-2H3. The number of carboxylic acid groups (broad SMARTS) is 1. The molecule has 4 nitrogen and oxygen atoms in total. The van der Waals surface area contributed by atoms with Crippen LogP contribution >= 0.6 is 0 Å². The van der Waals surface area contributed by atoms with E-state index in [-0.39, 0.29) is 0 Å². The summed E-state index contributed by atoms with van der Waals surface area (Å²) in [7, 11) is 0. The molecule has 1 N–H and O–H groups in total. The number of nitrogens with zero attached hydrogens (tertiary/aromatic N) is 2. The summed E-state index contributed by atoms with van der Waals surface area (Å²) < 4.78 is 1.46. The fourth-order valence-corrected chi connectivity index (χ4v) is 0.885. The van der Waals surface area contributed by atoms with Crippen LogP contribution in [0.25, 0.3) is 0 Å². The Bertz CT molecular complexity index is 281. The summed E-state index contributed by atoms with van der Waals surface area (Å²) in [4.78, 5) is 10.5. The molecule has 1 unspecified atom stereocenters. The molecule has 0 spiro atoms. The predicted octanol–water partition coefficient (Wildman–Crippen LogP) is 2.12. The average molecular weight is 198 g/mol. The van der Waals surface area contributed by atoms with Gasteiger partial charge in [-0.25, -0.2) is 4.79 Å². The van der Waals surface area contributed by atoms with Gasteiger partial charge in [-0.15, -0.1) is 0 Å². The van der Waals surface area contributed by atoms with Gasteiger partial charge in [0, 0.05) is 6.20 Å². The zero-order valence-electron chi connectivity index (χ0n) is 9.19. The van der Waals surface area contributed by atoms with Gasteiger partial charge in [-0.3, -0.25) is 4.68 Å². The Labute approximate surface area is 84.6 Å². The molecule has 0 saturated heterocycles. The van der Waals surface area contributed by atoms with Crippen molar-refractivity contribution in [1.82, 2.24) is 9.78 Å². The summed E-state index contributed by atoms with van der Waals surface area (Å²) in [5.74, 6) is -0.860. The molecule has 0 saturated carbocycles. The second-order valence-corrected chi connectivity index (χ2v) is 2.70. The van der Waals surface area contributed by atoms with Gasteiger partial charge >= 0.3 is 5.97 Å². The number of hydrogen-bond acceptors (Lipinski definition) is 2. The minimum atomic E-state index is -0.860. The molecular formula is C10H18N2O2. The van der Waals surface area contributed by atoms with Gasteiger partial charge in [-0.2, -0.15) is 5.10 Å². The molecule has 0 bridgehead atoms. The first-order valence-corrected chi connectivity index (χ1v) is 4.91. The molecule has 14 heavy (non-hydrogen) atoms. The molecule has 1 aromatic rings. The highest BCUT2D eigenvalue weighted by molar-refractivity contribution is 5.71. The topological polar surface area (TPSA) is 55.1 Å². The highest BCUT2D eigenvalue weighted by Gasteiger charge is 2.13. The maximum atomic E-state index is 10.5. The van der Waals surface area contributed by atoms with E-state index in [1.807, 2.05) is 20.8 Å². The monoisotopic (exact) mass is 198 g/mol. The van der Waals surface area contributed by atoms with E-state index in [0.717, 1.165) is 12.0 Å².